The molecule has 0 bridgehead atoms. The Morgan fingerprint density at radius 2 is 2.20 bits per heavy atom. The summed E-state index contributed by atoms with van der Waals surface area (Å²) in [4.78, 5) is 17.9. The van der Waals surface area contributed by atoms with Gasteiger partial charge < -0.3 is 10.2 Å². The second-order valence-corrected chi connectivity index (χ2v) is 5.50. The Morgan fingerprint density at radius 3 is 2.85 bits per heavy atom. The smallest absolute Gasteiger partial charge is 0.321 e. The Labute approximate surface area is 121 Å². The molecule has 0 fully saturated rings. The van der Waals surface area contributed by atoms with Crippen molar-refractivity contribution < 1.29 is 4.79 Å². The molecule has 0 atom stereocenters. The Hall–Kier alpha value is -2.22. The van der Waals surface area contributed by atoms with Crippen molar-refractivity contribution in [1.29, 1.82) is 0 Å². The van der Waals surface area contributed by atoms with Crippen LogP contribution in [0.1, 0.15) is 10.6 Å². The van der Waals surface area contributed by atoms with Crippen LogP contribution in [0.4, 0.5) is 15.7 Å². The van der Waals surface area contributed by atoms with Crippen LogP contribution in [-0.2, 0) is 6.54 Å². The van der Waals surface area contributed by atoms with Crippen molar-refractivity contribution in [2.45, 2.75) is 13.5 Å². The molecule has 0 aliphatic heterocycles. The highest BCUT2D eigenvalue weighted by molar-refractivity contribution is 7.15. The maximum absolute atomic E-state index is 11.8. The first-order valence-electron chi connectivity index (χ1n) is 6.02. The number of carbonyl (C=O) groups is 1. The number of carbonyl (C=O) groups excluding carboxylic acids is 1. The summed E-state index contributed by atoms with van der Waals surface area (Å²) in [5.74, 6) is 0.833. The number of urea groups is 1. The van der Waals surface area contributed by atoms with Gasteiger partial charge >= 0.3 is 6.03 Å². The summed E-state index contributed by atoms with van der Waals surface area (Å²) < 4.78 is 0. The Morgan fingerprint density at radius 1 is 1.40 bits per heavy atom. The number of hydrogen-bond donors (Lipinski definition) is 2. The summed E-state index contributed by atoms with van der Waals surface area (Å²) in [6.07, 6.45) is 1.73. The summed E-state index contributed by atoms with van der Waals surface area (Å²) in [6, 6.07) is 3.46. The molecular weight excluding hydrogens is 276 g/mol. The van der Waals surface area contributed by atoms with Gasteiger partial charge in [-0.1, -0.05) is 17.4 Å². The van der Waals surface area contributed by atoms with E-state index in [4.69, 9.17) is 0 Å². The van der Waals surface area contributed by atoms with Crippen LogP contribution in [0.2, 0.25) is 0 Å². The van der Waals surface area contributed by atoms with Crippen molar-refractivity contribution >= 4 is 28.3 Å². The van der Waals surface area contributed by atoms with E-state index in [1.165, 1.54) is 11.3 Å². The van der Waals surface area contributed by atoms with Crippen molar-refractivity contribution in [3.8, 4) is 0 Å². The van der Waals surface area contributed by atoms with Crippen molar-refractivity contribution in [1.82, 2.24) is 20.5 Å². The molecule has 2 amide bonds. The lowest BCUT2D eigenvalue weighted by molar-refractivity contribution is 0.251. The molecule has 0 aliphatic carbocycles. The molecule has 7 nitrogen and oxygen atoms in total. The molecule has 0 spiro atoms. The number of rotatable bonds is 4. The highest BCUT2D eigenvalue weighted by atomic mass is 32.1. The Bertz CT molecular complexity index is 597. The van der Waals surface area contributed by atoms with Crippen LogP contribution in [0, 0.1) is 6.92 Å². The monoisotopic (exact) mass is 292 g/mol. The molecule has 2 aromatic rings. The lowest BCUT2D eigenvalue weighted by atomic mass is 10.2. The van der Waals surface area contributed by atoms with Gasteiger partial charge in [-0.2, -0.15) is 0 Å². The topological polar surface area (TPSA) is 83.0 Å². The zero-order chi connectivity index (χ0) is 14.5. The van der Waals surface area contributed by atoms with Gasteiger partial charge in [0.25, 0.3) is 0 Å². The predicted molar refractivity (Wildman–Crippen MR) is 79.1 cm³/mol. The van der Waals surface area contributed by atoms with Crippen LogP contribution in [0.5, 0.6) is 0 Å². The summed E-state index contributed by atoms with van der Waals surface area (Å²) >= 11 is 1.33. The van der Waals surface area contributed by atoms with Crippen LogP contribution in [0.3, 0.4) is 0 Å². The van der Waals surface area contributed by atoms with Gasteiger partial charge in [0, 0.05) is 32.4 Å². The van der Waals surface area contributed by atoms with E-state index in [0.29, 0.717) is 11.7 Å². The number of nitrogens with zero attached hydrogens (tertiary/aromatic N) is 4. The molecule has 0 saturated carbocycles. The quantitative estimate of drug-likeness (QED) is 0.895. The van der Waals surface area contributed by atoms with Gasteiger partial charge in [-0.25, -0.2) is 9.78 Å². The van der Waals surface area contributed by atoms with Gasteiger partial charge in [0.1, 0.15) is 10.8 Å². The summed E-state index contributed by atoms with van der Waals surface area (Å²) in [7, 11) is 3.83. The van der Waals surface area contributed by atoms with E-state index in [2.05, 4.69) is 25.8 Å². The average molecular weight is 292 g/mol. The number of pyridine rings is 1. The molecule has 0 aliphatic rings. The largest absolute Gasteiger partial charge is 0.362 e. The van der Waals surface area contributed by atoms with E-state index in [-0.39, 0.29) is 6.03 Å². The number of aromatic nitrogens is 3. The number of hydrogen-bond acceptors (Lipinski definition) is 6. The minimum atomic E-state index is -0.310. The normalized spacial score (nSPS) is 10.2. The predicted octanol–water partition coefficient (Wildman–Crippen LogP) is 1.63. The molecule has 8 heteroatoms. The molecule has 2 N–H and O–H groups in total. The number of aryl methyl sites for hydroxylation is 1. The number of anilines is 2. The summed E-state index contributed by atoms with van der Waals surface area (Å²) in [5.41, 5.74) is 0.945. The fourth-order valence-electron chi connectivity index (χ4n) is 1.63. The molecule has 0 saturated heterocycles. The van der Waals surface area contributed by atoms with Gasteiger partial charge in [0.15, 0.2) is 0 Å². The molecule has 106 valence electrons. The SMILES string of the molecule is Cc1nnc(NC(=O)NCc2cccnc2N(C)C)s1. The van der Waals surface area contributed by atoms with Crippen LogP contribution in [0.25, 0.3) is 0 Å². The third-order valence-electron chi connectivity index (χ3n) is 2.48. The summed E-state index contributed by atoms with van der Waals surface area (Å²) in [6.45, 7) is 2.23. The van der Waals surface area contributed by atoms with Crippen molar-refractivity contribution in [2.75, 3.05) is 24.3 Å². The minimum Gasteiger partial charge on any atom is -0.362 e. The van der Waals surface area contributed by atoms with Crippen LogP contribution in [-0.4, -0.2) is 35.3 Å². The third kappa shape index (κ3) is 3.64. The van der Waals surface area contributed by atoms with Crippen LogP contribution >= 0.6 is 11.3 Å². The molecule has 2 rings (SSSR count). The third-order valence-corrected chi connectivity index (χ3v) is 3.23. The number of nitrogens with one attached hydrogen (secondary N) is 2. The second kappa shape index (κ2) is 6.29. The minimum absolute atomic E-state index is 0.310. The molecule has 0 aromatic carbocycles. The van der Waals surface area contributed by atoms with Crippen molar-refractivity contribution in [2.24, 2.45) is 0 Å². The van der Waals surface area contributed by atoms with E-state index < -0.39 is 0 Å². The molecule has 0 unspecified atom stereocenters. The van der Waals surface area contributed by atoms with Crippen LogP contribution < -0.4 is 15.5 Å². The second-order valence-electron chi connectivity index (χ2n) is 4.31. The average Bonchev–Trinajstić information content (AvgIpc) is 2.82. The first-order valence-corrected chi connectivity index (χ1v) is 6.84. The zero-order valence-electron chi connectivity index (χ0n) is 11.5. The van der Waals surface area contributed by atoms with Gasteiger partial charge in [-0.3, -0.25) is 5.32 Å². The molecule has 2 aromatic heterocycles. The van der Waals surface area contributed by atoms with E-state index in [9.17, 15) is 4.79 Å². The fraction of sp³-hybridized carbons (Fsp3) is 0.333. The van der Waals surface area contributed by atoms with Gasteiger partial charge in [-0.15, -0.1) is 10.2 Å². The van der Waals surface area contributed by atoms with Gasteiger partial charge in [0.2, 0.25) is 5.13 Å². The van der Waals surface area contributed by atoms with Gasteiger partial charge in [0.05, 0.1) is 0 Å². The van der Waals surface area contributed by atoms with Crippen LogP contribution in [0.15, 0.2) is 18.3 Å². The lowest BCUT2D eigenvalue weighted by Crippen LogP contribution is -2.29. The molecule has 0 radical (unpaired) electrons. The first-order chi connectivity index (χ1) is 9.56. The Balaban J connectivity index is 1.93. The van der Waals surface area contributed by atoms with E-state index in [0.717, 1.165) is 16.4 Å². The summed E-state index contributed by atoms with van der Waals surface area (Å²) in [5, 5.41) is 14.4. The molecule has 2 heterocycles. The highest BCUT2D eigenvalue weighted by Gasteiger charge is 2.09. The zero-order valence-corrected chi connectivity index (χ0v) is 12.4. The lowest BCUT2D eigenvalue weighted by Gasteiger charge is -2.16. The number of amides is 2. The first kappa shape index (κ1) is 14.2. The van der Waals surface area contributed by atoms with Crippen molar-refractivity contribution in [3.05, 3.63) is 28.9 Å². The maximum Gasteiger partial charge on any atom is 0.321 e. The standard InChI is InChI=1S/C12H16N6OS/c1-8-16-17-12(20-8)15-11(19)14-7-9-5-4-6-13-10(9)18(2)3/h4-6H,7H2,1-3H3,(H2,14,15,17,19). The maximum atomic E-state index is 11.8. The van der Waals surface area contributed by atoms with Crippen molar-refractivity contribution in [3.63, 3.8) is 0 Å². The van der Waals surface area contributed by atoms with E-state index in [1.807, 2.05) is 38.1 Å². The van der Waals surface area contributed by atoms with E-state index >= 15 is 0 Å². The fourth-order valence-corrected chi connectivity index (χ4v) is 2.22. The Kier molecular flexibility index (Phi) is 4.46. The highest BCUT2D eigenvalue weighted by Crippen LogP contribution is 2.15. The van der Waals surface area contributed by atoms with Gasteiger partial charge in [-0.05, 0) is 13.0 Å². The van der Waals surface area contributed by atoms with E-state index in [1.54, 1.807) is 6.20 Å². The molecular formula is C12H16N6OS. The molecule has 20 heavy (non-hydrogen) atoms.